The van der Waals surface area contributed by atoms with Crippen molar-refractivity contribution in [3.8, 4) is 0 Å². The van der Waals surface area contributed by atoms with E-state index in [2.05, 4.69) is 21.1 Å². The van der Waals surface area contributed by atoms with E-state index in [-0.39, 0.29) is 23.8 Å². The molecule has 2 unspecified atom stereocenters. The van der Waals surface area contributed by atoms with E-state index in [4.69, 9.17) is 0 Å². The van der Waals surface area contributed by atoms with Crippen LogP contribution >= 0.6 is 0 Å². The fourth-order valence-corrected chi connectivity index (χ4v) is 3.99. The first-order chi connectivity index (χ1) is 14.2. The number of amides is 2. The van der Waals surface area contributed by atoms with Crippen LogP contribution in [0.15, 0.2) is 60.7 Å². The predicted octanol–water partition coefficient (Wildman–Crippen LogP) is 1.23. The van der Waals surface area contributed by atoms with Gasteiger partial charge < -0.3 is 10.2 Å². The standard InChI is InChI=1S/C22H27N5O2/c28-20(24-18-9-5-2-6-10-18)16-26-11-13-27(14-12-26)22(29)19-15-23-25-21(19)17-7-3-1-4-8-17/h1-10,19,21,23,25H,11-16H2,(H,24,28). The van der Waals surface area contributed by atoms with E-state index in [9.17, 15) is 9.59 Å². The third kappa shape index (κ3) is 4.82. The van der Waals surface area contributed by atoms with E-state index in [0.717, 1.165) is 11.3 Å². The Bertz CT molecular complexity index is 822. The van der Waals surface area contributed by atoms with Gasteiger partial charge in [-0.1, -0.05) is 48.5 Å². The molecular weight excluding hydrogens is 366 g/mol. The number of benzene rings is 2. The fraction of sp³-hybridized carbons (Fsp3) is 0.364. The van der Waals surface area contributed by atoms with E-state index in [1.165, 1.54) is 0 Å². The molecule has 3 N–H and O–H groups in total. The normalized spacial score (nSPS) is 22.4. The lowest BCUT2D eigenvalue weighted by atomic mass is 9.93. The molecule has 2 heterocycles. The van der Waals surface area contributed by atoms with Crippen LogP contribution in [-0.4, -0.2) is 60.9 Å². The number of carbonyl (C=O) groups is 2. The zero-order chi connectivity index (χ0) is 20.1. The van der Waals surface area contributed by atoms with Crippen LogP contribution in [0.3, 0.4) is 0 Å². The number of rotatable bonds is 5. The first-order valence-corrected chi connectivity index (χ1v) is 10.1. The van der Waals surface area contributed by atoms with Crippen molar-refractivity contribution in [1.82, 2.24) is 20.7 Å². The van der Waals surface area contributed by atoms with Gasteiger partial charge in [0.05, 0.1) is 18.5 Å². The zero-order valence-corrected chi connectivity index (χ0v) is 16.4. The number of nitrogens with one attached hydrogen (secondary N) is 3. The molecule has 2 amide bonds. The van der Waals surface area contributed by atoms with Gasteiger partial charge in [0, 0.05) is 38.4 Å². The second kappa shape index (κ2) is 9.17. The average Bonchev–Trinajstić information content (AvgIpc) is 3.25. The Morgan fingerprint density at radius 2 is 1.59 bits per heavy atom. The molecule has 2 atom stereocenters. The Hall–Kier alpha value is -2.74. The molecule has 2 aromatic carbocycles. The molecular formula is C22H27N5O2. The van der Waals surface area contributed by atoms with Crippen LogP contribution in [0.1, 0.15) is 11.6 Å². The third-order valence-corrected chi connectivity index (χ3v) is 5.57. The van der Waals surface area contributed by atoms with Crippen molar-refractivity contribution in [3.63, 3.8) is 0 Å². The number of para-hydroxylation sites is 1. The van der Waals surface area contributed by atoms with Crippen LogP contribution in [0.5, 0.6) is 0 Å². The lowest BCUT2D eigenvalue weighted by molar-refractivity contribution is -0.137. The molecule has 0 spiro atoms. The van der Waals surface area contributed by atoms with E-state index in [0.29, 0.717) is 39.3 Å². The summed E-state index contributed by atoms with van der Waals surface area (Å²) in [7, 11) is 0. The van der Waals surface area contributed by atoms with Gasteiger partial charge >= 0.3 is 0 Å². The number of hydrogen-bond acceptors (Lipinski definition) is 5. The minimum absolute atomic E-state index is 0.0154. The number of hydrogen-bond donors (Lipinski definition) is 3. The van der Waals surface area contributed by atoms with Gasteiger partial charge in [-0.3, -0.25) is 19.9 Å². The van der Waals surface area contributed by atoms with Crippen molar-refractivity contribution in [2.75, 3.05) is 44.6 Å². The van der Waals surface area contributed by atoms with E-state index >= 15 is 0 Å². The van der Waals surface area contributed by atoms with Crippen LogP contribution in [0.4, 0.5) is 5.69 Å². The van der Waals surface area contributed by atoms with Gasteiger partial charge in [-0.2, -0.15) is 0 Å². The molecule has 29 heavy (non-hydrogen) atoms. The lowest BCUT2D eigenvalue weighted by Crippen LogP contribution is -2.52. The second-order valence-corrected chi connectivity index (χ2v) is 7.54. The largest absolute Gasteiger partial charge is 0.340 e. The molecule has 0 bridgehead atoms. The zero-order valence-electron chi connectivity index (χ0n) is 16.4. The van der Waals surface area contributed by atoms with Gasteiger partial charge in [-0.15, -0.1) is 0 Å². The van der Waals surface area contributed by atoms with Crippen LogP contribution in [0.2, 0.25) is 0 Å². The minimum atomic E-state index is -0.120. The molecule has 2 aliphatic rings. The molecule has 2 aliphatic heterocycles. The summed E-state index contributed by atoms with van der Waals surface area (Å²) < 4.78 is 0. The van der Waals surface area contributed by atoms with E-state index in [1.807, 2.05) is 65.6 Å². The Kier molecular flexibility index (Phi) is 6.19. The summed E-state index contributed by atoms with van der Waals surface area (Å²) in [5.41, 5.74) is 8.30. The first kappa shape index (κ1) is 19.6. The highest BCUT2D eigenvalue weighted by Crippen LogP contribution is 2.26. The topological polar surface area (TPSA) is 76.7 Å². The first-order valence-electron chi connectivity index (χ1n) is 10.1. The van der Waals surface area contributed by atoms with Crippen molar-refractivity contribution in [1.29, 1.82) is 0 Å². The molecule has 152 valence electrons. The van der Waals surface area contributed by atoms with Crippen LogP contribution in [0, 0.1) is 5.92 Å². The summed E-state index contributed by atoms with van der Waals surface area (Å²) >= 11 is 0. The molecule has 2 saturated heterocycles. The Balaban J connectivity index is 1.28. The molecule has 4 rings (SSSR count). The monoisotopic (exact) mass is 393 g/mol. The lowest BCUT2D eigenvalue weighted by Gasteiger charge is -2.36. The molecule has 0 aromatic heterocycles. The summed E-state index contributed by atoms with van der Waals surface area (Å²) in [4.78, 5) is 29.4. The maximum atomic E-state index is 13.1. The summed E-state index contributed by atoms with van der Waals surface area (Å²) in [6.07, 6.45) is 0. The van der Waals surface area contributed by atoms with Crippen molar-refractivity contribution < 1.29 is 9.59 Å². The van der Waals surface area contributed by atoms with Gasteiger partial charge in [0.2, 0.25) is 11.8 Å². The van der Waals surface area contributed by atoms with E-state index < -0.39 is 0 Å². The fourth-order valence-electron chi connectivity index (χ4n) is 3.99. The van der Waals surface area contributed by atoms with Gasteiger partial charge in [-0.05, 0) is 17.7 Å². The second-order valence-electron chi connectivity index (χ2n) is 7.54. The highest BCUT2D eigenvalue weighted by Gasteiger charge is 2.37. The minimum Gasteiger partial charge on any atom is -0.340 e. The summed E-state index contributed by atoms with van der Waals surface area (Å²) in [6, 6.07) is 19.5. The maximum absolute atomic E-state index is 13.1. The summed E-state index contributed by atoms with van der Waals surface area (Å²) in [6.45, 7) is 3.67. The van der Waals surface area contributed by atoms with Crippen molar-refractivity contribution in [2.24, 2.45) is 5.92 Å². The van der Waals surface area contributed by atoms with Crippen LogP contribution < -0.4 is 16.2 Å². The molecule has 2 fully saturated rings. The van der Waals surface area contributed by atoms with Crippen molar-refractivity contribution in [2.45, 2.75) is 6.04 Å². The van der Waals surface area contributed by atoms with Crippen molar-refractivity contribution in [3.05, 3.63) is 66.2 Å². The molecule has 2 aromatic rings. The van der Waals surface area contributed by atoms with Gasteiger partial charge in [-0.25, -0.2) is 5.43 Å². The number of piperazine rings is 1. The molecule has 0 aliphatic carbocycles. The number of carbonyl (C=O) groups excluding carboxylic acids is 2. The third-order valence-electron chi connectivity index (χ3n) is 5.57. The molecule has 7 nitrogen and oxygen atoms in total. The highest BCUT2D eigenvalue weighted by molar-refractivity contribution is 5.92. The molecule has 7 heteroatoms. The Labute approximate surface area is 171 Å². The maximum Gasteiger partial charge on any atom is 0.238 e. The Morgan fingerprint density at radius 1 is 0.931 bits per heavy atom. The highest BCUT2D eigenvalue weighted by atomic mass is 16.2. The molecule has 0 radical (unpaired) electrons. The van der Waals surface area contributed by atoms with E-state index in [1.54, 1.807) is 0 Å². The van der Waals surface area contributed by atoms with Crippen LogP contribution in [0.25, 0.3) is 0 Å². The SMILES string of the molecule is O=C(CN1CCN(C(=O)C2CNNC2c2ccccc2)CC1)Nc1ccccc1. The molecule has 0 saturated carbocycles. The summed E-state index contributed by atoms with van der Waals surface area (Å²) in [5.74, 6) is 0.0272. The van der Waals surface area contributed by atoms with Crippen LogP contribution in [-0.2, 0) is 9.59 Å². The van der Waals surface area contributed by atoms with Gasteiger partial charge in [0.25, 0.3) is 0 Å². The Morgan fingerprint density at radius 3 is 2.28 bits per heavy atom. The average molecular weight is 393 g/mol. The summed E-state index contributed by atoms with van der Waals surface area (Å²) in [5, 5.41) is 2.91. The van der Waals surface area contributed by atoms with Gasteiger partial charge in [0.15, 0.2) is 0 Å². The number of hydrazine groups is 1. The number of nitrogens with zero attached hydrogens (tertiary/aromatic N) is 2. The van der Waals surface area contributed by atoms with Crippen molar-refractivity contribution >= 4 is 17.5 Å². The van der Waals surface area contributed by atoms with Gasteiger partial charge in [0.1, 0.15) is 0 Å². The number of anilines is 1. The predicted molar refractivity (Wildman–Crippen MR) is 112 cm³/mol. The smallest absolute Gasteiger partial charge is 0.238 e. The quantitative estimate of drug-likeness (QED) is 0.713.